The van der Waals surface area contributed by atoms with Crippen LogP contribution >= 0.6 is 11.8 Å². The summed E-state index contributed by atoms with van der Waals surface area (Å²) in [5, 5.41) is 0. The smallest absolute Gasteiger partial charge is 0.265 e. The van der Waals surface area contributed by atoms with E-state index in [9.17, 15) is 9.18 Å². The molecule has 3 N–H and O–H groups in total. The number of carbonyl (C=O) groups is 1. The molecule has 1 aromatic rings. The lowest BCUT2D eigenvalue weighted by molar-refractivity contribution is 0.0953. The van der Waals surface area contributed by atoms with Crippen molar-refractivity contribution < 1.29 is 9.18 Å². The number of benzene rings is 1. The summed E-state index contributed by atoms with van der Waals surface area (Å²) in [6.45, 7) is 2.15. The van der Waals surface area contributed by atoms with E-state index in [4.69, 9.17) is 5.84 Å². The van der Waals surface area contributed by atoms with Crippen LogP contribution in [0.15, 0.2) is 18.2 Å². The number of halogens is 1. The normalized spacial score (nSPS) is 10.4. The van der Waals surface area contributed by atoms with Crippen molar-refractivity contribution in [2.24, 2.45) is 5.84 Å². The molecular weight excluding hydrogens is 251 g/mol. The van der Waals surface area contributed by atoms with Gasteiger partial charge in [-0.2, -0.15) is 11.8 Å². The molecule has 3 nitrogen and oxygen atoms in total. The number of carbonyl (C=O) groups excluding carboxylic acids is 1. The van der Waals surface area contributed by atoms with Crippen LogP contribution in [0.1, 0.15) is 42.1 Å². The molecule has 1 aromatic carbocycles. The molecule has 0 aliphatic carbocycles. The van der Waals surface area contributed by atoms with Crippen LogP contribution in [0.5, 0.6) is 0 Å². The van der Waals surface area contributed by atoms with E-state index >= 15 is 0 Å². The Balaban J connectivity index is 2.56. The fraction of sp³-hybridized carbons (Fsp3) is 0.462. The molecule has 5 heteroatoms. The summed E-state index contributed by atoms with van der Waals surface area (Å²) in [6.07, 6.45) is 3.53. The van der Waals surface area contributed by atoms with Crippen molar-refractivity contribution in [2.45, 2.75) is 31.9 Å². The Morgan fingerprint density at radius 2 is 2.22 bits per heavy atom. The van der Waals surface area contributed by atoms with E-state index in [2.05, 4.69) is 6.92 Å². The lowest BCUT2D eigenvalue weighted by Gasteiger charge is -2.06. The number of nitrogens with two attached hydrogens (primary N) is 1. The van der Waals surface area contributed by atoms with E-state index < -0.39 is 5.91 Å². The summed E-state index contributed by atoms with van der Waals surface area (Å²) in [5.41, 5.74) is 2.99. The van der Waals surface area contributed by atoms with Crippen molar-refractivity contribution >= 4 is 17.7 Å². The Morgan fingerprint density at radius 1 is 1.44 bits per heavy atom. The van der Waals surface area contributed by atoms with E-state index in [-0.39, 0.29) is 5.82 Å². The lowest BCUT2D eigenvalue weighted by Crippen LogP contribution is -2.30. The highest BCUT2D eigenvalue weighted by atomic mass is 32.2. The summed E-state index contributed by atoms with van der Waals surface area (Å²) >= 11 is 1.69. The number of rotatable bonds is 7. The molecule has 0 atom stereocenters. The first kappa shape index (κ1) is 15.0. The highest BCUT2D eigenvalue weighted by Crippen LogP contribution is 2.18. The summed E-state index contributed by atoms with van der Waals surface area (Å²) in [4.78, 5) is 11.3. The van der Waals surface area contributed by atoms with Crippen LogP contribution in [0.2, 0.25) is 0 Å². The van der Waals surface area contributed by atoms with E-state index in [0.29, 0.717) is 16.9 Å². The van der Waals surface area contributed by atoms with Crippen LogP contribution in [0, 0.1) is 5.82 Å². The summed E-state index contributed by atoms with van der Waals surface area (Å²) in [5.74, 6) is 5.98. The Hall–Kier alpha value is -1.07. The molecule has 0 saturated carbocycles. The van der Waals surface area contributed by atoms with Crippen molar-refractivity contribution in [3.63, 3.8) is 0 Å². The van der Waals surface area contributed by atoms with Crippen molar-refractivity contribution in [2.75, 3.05) is 5.75 Å². The first-order chi connectivity index (χ1) is 8.69. The Kier molecular flexibility index (Phi) is 6.75. The van der Waals surface area contributed by atoms with Gasteiger partial charge in [0.2, 0.25) is 0 Å². The molecule has 1 amide bonds. The summed E-state index contributed by atoms with van der Waals surface area (Å²) < 4.78 is 13.5. The van der Waals surface area contributed by atoms with E-state index in [1.807, 2.05) is 5.43 Å². The number of hydrogen-bond acceptors (Lipinski definition) is 3. The number of nitrogens with one attached hydrogen (secondary N) is 1. The quantitative estimate of drug-likeness (QED) is 0.347. The second-order valence-electron chi connectivity index (χ2n) is 4.04. The van der Waals surface area contributed by atoms with Crippen LogP contribution in [-0.2, 0) is 5.75 Å². The monoisotopic (exact) mass is 270 g/mol. The molecule has 18 heavy (non-hydrogen) atoms. The minimum Gasteiger partial charge on any atom is -0.290 e. The second kappa shape index (κ2) is 8.11. The zero-order valence-electron chi connectivity index (χ0n) is 10.5. The Bertz CT molecular complexity index is 399. The summed E-state index contributed by atoms with van der Waals surface area (Å²) in [6, 6.07) is 4.31. The van der Waals surface area contributed by atoms with Gasteiger partial charge in [0.1, 0.15) is 5.82 Å². The minimum atomic E-state index is -0.396. The number of thioether (sulfide) groups is 1. The number of nitrogen functional groups attached to an aromatic ring is 1. The molecule has 0 aliphatic rings. The molecule has 0 fully saturated rings. The number of hydrazine groups is 1. The van der Waals surface area contributed by atoms with Crippen molar-refractivity contribution in [3.8, 4) is 0 Å². The maximum absolute atomic E-state index is 13.5. The van der Waals surface area contributed by atoms with Gasteiger partial charge in [-0.15, -0.1) is 0 Å². The molecule has 0 saturated heterocycles. The van der Waals surface area contributed by atoms with Gasteiger partial charge in [-0.25, -0.2) is 10.2 Å². The van der Waals surface area contributed by atoms with Gasteiger partial charge in [0.25, 0.3) is 5.91 Å². The van der Waals surface area contributed by atoms with Crippen molar-refractivity contribution in [1.29, 1.82) is 0 Å². The number of unbranched alkanes of at least 4 members (excludes halogenated alkanes) is 2. The topological polar surface area (TPSA) is 55.1 Å². The predicted octanol–water partition coefficient (Wildman–Crippen LogP) is 2.85. The average Bonchev–Trinajstić information content (AvgIpc) is 2.39. The second-order valence-corrected chi connectivity index (χ2v) is 5.14. The zero-order valence-corrected chi connectivity index (χ0v) is 11.4. The zero-order chi connectivity index (χ0) is 13.4. The van der Waals surface area contributed by atoms with Gasteiger partial charge >= 0.3 is 0 Å². The maximum atomic E-state index is 13.5. The third-order valence-electron chi connectivity index (χ3n) is 2.59. The molecule has 100 valence electrons. The van der Waals surface area contributed by atoms with E-state index in [0.717, 1.165) is 12.2 Å². The third kappa shape index (κ3) is 4.66. The lowest BCUT2D eigenvalue weighted by atomic mass is 10.1. The van der Waals surface area contributed by atoms with Crippen LogP contribution in [0.4, 0.5) is 4.39 Å². The van der Waals surface area contributed by atoms with Gasteiger partial charge < -0.3 is 0 Å². The van der Waals surface area contributed by atoms with E-state index in [1.54, 1.807) is 17.8 Å². The predicted molar refractivity (Wildman–Crippen MR) is 73.7 cm³/mol. The molecular formula is C13H19FN2OS. The number of hydrogen-bond donors (Lipinski definition) is 2. The minimum absolute atomic E-state index is 0.272. The summed E-state index contributed by atoms with van der Waals surface area (Å²) in [7, 11) is 0. The molecule has 0 bridgehead atoms. The fourth-order valence-corrected chi connectivity index (χ4v) is 2.54. The van der Waals surface area contributed by atoms with Gasteiger partial charge in [0.05, 0.1) is 0 Å². The first-order valence-electron chi connectivity index (χ1n) is 6.06. The Morgan fingerprint density at radius 3 is 2.89 bits per heavy atom. The van der Waals surface area contributed by atoms with Crippen LogP contribution in [0.3, 0.4) is 0 Å². The third-order valence-corrected chi connectivity index (χ3v) is 3.68. The van der Waals surface area contributed by atoms with Gasteiger partial charge in [-0.05, 0) is 35.9 Å². The van der Waals surface area contributed by atoms with Gasteiger partial charge in [-0.1, -0.05) is 19.8 Å². The van der Waals surface area contributed by atoms with Gasteiger partial charge in [0.15, 0.2) is 0 Å². The number of amides is 1. The average molecular weight is 270 g/mol. The standard InChI is InChI=1S/C13H19FN2OS/c1-2-3-4-7-18-9-11-8-10(13(17)16-15)5-6-12(11)14/h5-6,8H,2-4,7,9,15H2,1H3,(H,16,17). The molecule has 0 aliphatic heterocycles. The first-order valence-corrected chi connectivity index (χ1v) is 7.21. The Labute approximate surface area is 111 Å². The van der Waals surface area contributed by atoms with Crippen molar-refractivity contribution in [3.05, 3.63) is 35.1 Å². The highest BCUT2D eigenvalue weighted by molar-refractivity contribution is 7.98. The van der Waals surface area contributed by atoms with Crippen LogP contribution in [-0.4, -0.2) is 11.7 Å². The fourth-order valence-electron chi connectivity index (χ4n) is 1.55. The van der Waals surface area contributed by atoms with Gasteiger partial charge in [0, 0.05) is 11.3 Å². The molecule has 0 spiro atoms. The van der Waals surface area contributed by atoms with Crippen LogP contribution in [0.25, 0.3) is 0 Å². The largest absolute Gasteiger partial charge is 0.290 e. The molecule has 0 radical (unpaired) electrons. The molecule has 0 aromatic heterocycles. The maximum Gasteiger partial charge on any atom is 0.265 e. The van der Waals surface area contributed by atoms with Crippen LogP contribution < -0.4 is 11.3 Å². The molecule has 1 rings (SSSR count). The van der Waals surface area contributed by atoms with Crippen molar-refractivity contribution in [1.82, 2.24) is 5.43 Å². The highest BCUT2D eigenvalue weighted by Gasteiger charge is 2.08. The molecule has 0 heterocycles. The molecule has 0 unspecified atom stereocenters. The van der Waals surface area contributed by atoms with Gasteiger partial charge in [-0.3, -0.25) is 10.2 Å². The van der Waals surface area contributed by atoms with E-state index in [1.165, 1.54) is 25.0 Å². The SMILES string of the molecule is CCCCCSCc1cc(C(=O)NN)ccc1F.